The standard InChI is InChI=1S/C11H17N3OS2/c1-4-11(3,9(12)16)10(15)14-6-8-13-5-7(2)17-8/h5H,4,6H2,1-3H3,(H2,12,16)(H,14,15). The summed E-state index contributed by atoms with van der Waals surface area (Å²) in [5.41, 5.74) is 4.84. The number of carbonyl (C=O) groups is 1. The van der Waals surface area contributed by atoms with Crippen LogP contribution in [0.1, 0.15) is 30.2 Å². The summed E-state index contributed by atoms with van der Waals surface area (Å²) in [6.07, 6.45) is 2.38. The van der Waals surface area contributed by atoms with Gasteiger partial charge in [0.25, 0.3) is 0 Å². The first-order valence-electron chi connectivity index (χ1n) is 5.39. The third-order valence-electron chi connectivity index (χ3n) is 2.82. The van der Waals surface area contributed by atoms with Crippen molar-refractivity contribution in [3.63, 3.8) is 0 Å². The van der Waals surface area contributed by atoms with Gasteiger partial charge in [-0.25, -0.2) is 4.98 Å². The zero-order chi connectivity index (χ0) is 13.1. The molecule has 94 valence electrons. The second kappa shape index (κ2) is 5.55. The van der Waals surface area contributed by atoms with Gasteiger partial charge in [0.2, 0.25) is 5.91 Å². The number of nitrogens with zero attached hydrogens (tertiary/aromatic N) is 1. The summed E-state index contributed by atoms with van der Waals surface area (Å²) in [5.74, 6) is -0.139. The third-order valence-corrected chi connectivity index (χ3v) is 4.18. The molecule has 0 bridgehead atoms. The van der Waals surface area contributed by atoms with Crippen molar-refractivity contribution >= 4 is 34.5 Å². The Labute approximate surface area is 111 Å². The average molecular weight is 271 g/mol. The van der Waals surface area contributed by atoms with Crippen LogP contribution in [0, 0.1) is 12.3 Å². The predicted molar refractivity (Wildman–Crippen MR) is 73.9 cm³/mol. The third kappa shape index (κ3) is 3.23. The smallest absolute Gasteiger partial charge is 0.233 e. The summed E-state index contributed by atoms with van der Waals surface area (Å²) in [4.78, 5) is 17.6. The van der Waals surface area contributed by atoms with Crippen molar-refractivity contribution < 1.29 is 4.79 Å². The topological polar surface area (TPSA) is 68.0 Å². The number of carbonyl (C=O) groups excluding carboxylic acids is 1. The Kier molecular flexibility index (Phi) is 4.59. The lowest BCUT2D eigenvalue weighted by Crippen LogP contribution is -2.46. The number of thiocarbonyl (C=S) groups is 1. The summed E-state index contributed by atoms with van der Waals surface area (Å²) in [7, 11) is 0. The van der Waals surface area contributed by atoms with Crippen LogP contribution in [-0.2, 0) is 11.3 Å². The molecule has 0 aromatic carbocycles. The van der Waals surface area contributed by atoms with Crippen LogP contribution in [0.2, 0.25) is 0 Å². The molecule has 1 amide bonds. The van der Waals surface area contributed by atoms with Crippen molar-refractivity contribution in [2.75, 3.05) is 0 Å². The predicted octanol–water partition coefficient (Wildman–Crippen LogP) is 1.77. The Morgan fingerprint density at radius 1 is 1.71 bits per heavy atom. The fourth-order valence-corrected chi connectivity index (χ4v) is 2.24. The van der Waals surface area contributed by atoms with Crippen molar-refractivity contribution in [3.05, 3.63) is 16.1 Å². The van der Waals surface area contributed by atoms with Gasteiger partial charge in [0.15, 0.2) is 0 Å². The molecule has 0 fully saturated rings. The minimum Gasteiger partial charge on any atom is -0.392 e. The number of hydrogen-bond acceptors (Lipinski definition) is 4. The zero-order valence-electron chi connectivity index (χ0n) is 10.2. The molecule has 0 aliphatic carbocycles. The molecule has 1 atom stereocenters. The average Bonchev–Trinajstić information content (AvgIpc) is 2.70. The molecule has 1 unspecified atom stereocenters. The molecule has 4 nitrogen and oxygen atoms in total. The van der Waals surface area contributed by atoms with Gasteiger partial charge in [0.1, 0.15) is 5.01 Å². The van der Waals surface area contributed by atoms with E-state index >= 15 is 0 Å². The van der Waals surface area contributed by atoms with Gasteiger partial charge >= 0.3 is 0 Å². The highest BCUT2D eigenvalue weighted by molar-refractivity contribution is 7.80. The molecule has 0 saturated heterocycles. The molecular weight excluding hydrogens is 254 g/mol. The van der Waals surface area contributed by atoms with Crippen LogP contribution in [0.25, 0.3) is 0 Å². The Balaban J connectivity index is 2.63. The maximum Gasteiger partial charge on any atom is 0.233 e. The van der Waals surface area contributed by atoms with Gasteiger partial charge in [-0.15, -0.1) is 11.3 Å². The Morgan fingerprint density at radius 2 is 2.35 bits per heavy atom. The fraction of sp³-hybridized carbons (Fsp3) is 0.545. The monoisotopic (exact) mass is 271 g/mol. The van der Waals surface area contributed by atoms with E-state index in [0.717, 1.165) is 9.88 Å². The van der Waals surface area contributed by atoms with E-state index in [9.17, 15) is 4.79 Å². The summed E-state index contributed by atoms with van der Waals surface area (Å²) >= 11 is 6.51. The van der Waals surface area contributed by atoms with E-state index in [2.05, 4.69) is 10.3 Å². The number of amides is 1. The van der Waals surface area contributed by atoms with Crippen molar-refractivity contribution in [1.82, 2.24) is 10.3 Å². The van der Waals surface area contributed by atoms with Crippen LogP contribution < -0.4 is 11.1 Å². The van der Waals surface area contributed by atoms with E-state index < -0.39 is 5.41 Å². The number of aromatic nitrogens is 1. The molecule has 3 N–H and O–H groups in total. The van der Waals surface area contributed by atoms with Gasteiger partial charge in [-0.05, 0) is 20.3 Å². The Bertz CT molecular complexity index is 430. The normalized spacial score (nSPS) is 14.1. The van der Waals surface area contributed by atoms with Crippen molar-refractivity contribution in [2.45, 2.75) is 33.7 Å². The first-order valence-corrected chi connectivity index (χ1v) is 6.62. The second-order valence-corrected chi connectivity index (χ2v) is 5.86. The van der Waals surface area contributed by atoms with Crippen molar-refractivity contribution in [2.24, 2.45) is 11.1 Å². The highest BCUT2D eigenvalue weighted by atomic mass is 32.1. The van der Waals surface area contributed by atoms with Gasteiger partial charge in [-0.1, -0.05) is 19.1 Å². The van der Waals surface area contributed by atoms with E-state index in [-0.39, 0.29) is 10.9 Å². The minimum atomic E-state index is -0.776. The lowest BCUT2D eigenvalue weighted by atomic mass is 9.86. The molecule has 1 heterocycles. The molecule has 1 aromatic heterocycles. The summed E-state index contributed by atoms with van der Waals surface area (Å²) in [6.45, 7) is 6.06. The molecule has 0 saturated carbocycles. The minimum absolute atomic E-state index is 0.139. The highest BCUT2D eigenvalue weighted by Crippen LogP contribution is 2.22. The molecule has 0 aliphatic rings. The number of aryl methyl sites for hydroxylation is 1. The maximum atomic E-state index is 12.0. The molecule has 0 aliphatic heterocycles. The Morgan fingerprint density at radius 3 is 2.76 bits per heavy atom. The maximum absolute atomic E-state index is 12.0. The van der Waals surface area contributed by atoms with Gasteiger partial charge in [-0.2, -0.15) is 0 Å². The van der Waals surface area contributed by atoms with Crippen LogP contribution in [0.4, 0.5) is 0 Å². The molecule has 6 heteroatoms. The second-order valence-electron chi connectivity index (χ2n) is 4.10. The molecule has 0 radical (unpaired) electrons. The first kappa shape index (κ1) is 14.1. The van der Waals surface area contributed by atoms with Crippen LogP contribution in [-0.4, -0.2) is 15.9 Å². The summed E-state index contributed by atoms with van der Waals surface area (Å²) in [6, 6.07) is 0. The van der Waals surface area contributed by atoms with E-state index in [1.54, 1.807) is 24.5 Å². The Hall–Kier alpha value is -1.01. The van der Waals surface area contributed by atoms with Gasteiger partial charge in [-0.3, -0.25) is 4.79 Å². The SMILES string of the molecule is CCC(C)(C(=O)NCc1ncc(C)s1)C(N)=S. The number of nitrogens with one attached hydrogen (secondary N) is 1. The van der Waals surface area contributed by atoms with E-state index in [4.69, 9.17) is 18.0 Å². The van der Waals surface area contributed by atoms with E-state index in [1.807, 2.05) is 13.8 Å². The van der Waals surface area contributed by atoms with Crippen LogP contribution in [0.5, 0.6) is 0 Å². The summed E-state index contributed by atoms with van der Waals surface area (Å²) in [5, 5.41) is 3.71. The number of hydrogen-bond donors (Lipinski definition) is 2. The zero-order valence-corrected chi connectivity index (χ0v) is 11.9. The van der Waals surface area contributed by atoms with Crippen LogP contribution >= 0.6 is 23.6 Å². The summed E-state index contributed by atoms with van der Waals surface area (Å²) < 4.78 is 0. The van der Waals surface area contributed by atoms with E-state index in [1.165, 1.54) is 0 Å². The molecule has 17 heavy (non-hydrogen) atoms. The van der Waals surface area contributed by atoms with E-state index in [0.29, 0.717) is 13.0 Å². The lowest BCUT2D eigenvalue weighted by Gasteiger charge is -2.25. The largest absolute Gasteiger partial charge is 0.392 e. The highest BCUT2D eigenvalue weighted by Gasteiger charge is 2.34. The number of thiazole rings is 1. The fourth-order valence-electron chi connectivity index (χ4n) is 1.28. The molecular formula is C11H17N3OS2. The van der Waals surface area contributed by atoms with Crippen LogP contribution in [0.15, 0.2) is 6.20 Å². The van der Waals surface area contributed by atoms with Crippen LogP contribution in [0.3, 0.4) is 0 Å². The van der Waals surface area contributed by atoms with Gasteiger partial charge in [0, 0.05) is 11.1 Å². The molecule has 0 spiro atoms. The van der Waals surface area contributed by atoms with Crippen molar-refractivity contribution in [1.29, 1.82) is 0 Å². The molecule has 1 rings (SSSR count). The van der Waals surface area contributed by atoms with Gasteiger partial charge < -0.3 is 11.1 Å². The number of nitrogens with two attached hydrogens (primary N) is 1. The molecule has 1 aromatic rings. The van der Waals surface area contributed by atoms with Crippen molar-refractivity contribution in [3.8, 4) is 0 Å². The number of rotatable bonds is 5. The quantitative estimate of drug-likeness (QED) is 0.801. The van der Waals surface area contributed by atoms with Gasteiger partial charge in [0.05, 0.1) is 16.9 Å². The first-order chi connectivity index (χ1) is 7.90. The lowest BCUT2D eigenvalue weighted by molar-refractivity contribution is -0.127.